The van der Waals surface area contributed by atoms with Crippen molar-refractivity contribution in [1.82, 2.24) is 9.13 Å². The van der Waals surface area contributed by atoms with E-state index in [1.807, 2.05) is 0 Å². The molecule has 3 nitrogen and oxygen atoms in total. The van der Waals surface area contributed by atoms with Gasteiger partial charge in [0.05, 0.1) is 32.9 Å². The Labute approximate surface area is 341 Å². The predicted octanol–water partition coefficient (Wildman–Crippen LogP) is 14.6. The van der Waals surface area contributed by atoms with Crippen LogP contribution in [-0.2, 0) is 5.41 Å². The molecule has 0 fully saturated rings. The van der Waals surface area contributed by atoms with Gasteiger partial charge >= 0.3 is 0 Å². The number of hydrogen-bond donors (Lipinski definition) is 0. The Morgan fingerprint density at radius 3 is 2.08 bits per heavy atom. The van der Waals surface area contributed by atoms with E-state index in [9.17, 15) is 0 Å². The first-order chi connectivity index (χ1) is 29.2. The van der Waals surface area contributed by atoms with Gasteiger partial charge < -0.3 is 13.6 Å². The molecule has 3 heteroatoms. The van der Waals surface area contributed by atoms with E-state index in [0.717, 1.165) is 39.7 Å². The SMILES string of the molecule is CC1C=C(C2(c3ccccc3)c3ccccc3-c3ccc(-n4c5ccccc5c5cc6c7ccc8oc9ccccc9c8c7n(-c7ccccc7)c6cc54)cc32)C=CC1. The van der Waals surface area contributed by atoms with Crippen LogP contribution >= 0.6 is 0 Å². The van der Waals surface area contributed by atoms with Crippen LogP contribution in [0.1, 0.15) is 30.0 Å². The van der Waals surface area contributed by atoms with Crippen LogP contribution in [0.5, 0.6) is 0 Å². The van der Waals surface area contributed by atoms with Gasteiger partial charge in [-0.2, -0.15) is 0 Å². The van der Waals surface area contributed by atoms with E-state index in [4.69, 9.17) is 4.42 Å². The van der Waals surface area contributed by atoms with Gasteiger partial charge in [-0.3, -0.25) is 0 Å². The summed E-state index contributed by atoms with van der Waals surface area (Å²) in [6.45, 7) is 2.34. The maximum atomic E-state index is 6.48. The third kappa shape index (κ3) is 4.37. The monoisotopic (exact) mass is 754 g/mol. The fourth-order valence-electron chi connectivity index (χ4n) is 10.9. The zero-order valence-electron chi connectivity index (χ0n) is 32.6. The van der Waals surface area contributed by atoms with E-state index in [1.54, 1.807) is 0 Å². The molecule has 3 heterocycles. The Hall–Kier alpha value is -7.36. The number of benzene rings is 8. The van der Waals surface area contributed by atoms with Gasteiger partial charge in [0.2, 0.25) is 0 Å². The lowest BCUT2D eigenvalue weighted by molar-refractivity contribution is 0.669. The maximum Gasteiger partial charge on any atom is 0.137 e. The van der Waals surface area contributed by atoms with Crippen LogP contribution in [0.3, 0.4) is 0 Å². The lowest BCUT2D eigenvalue weighted by Gasteiger charge is -2.36. The number of fused-ring (bicyclic) bond motifs is 13. The molecule has 3 aromatic heterocycles. The first kappa shape index (κ1) is 32.7. The topological polar surface area (TPSA) is 23.0 Å². The molecule has 0 N–H and O–H groups in total. The summed E-state index contributed by atoms with van der Waals surface area (Å²) in [5.41, 5.74) is 16.2. The molecule has 0 aliphatic heterocycles. The van der Waals surface area contributed by atoms with Gasteiger partial charge in [0, 0.05) is 38.3 Å². The average Bonchev–Trinajstić information content (AvgIpc) is 4.01. The van der Waals surface area contributed by atoms with Crippen LogP contribution in [0.15, 0.2) is 204 Å². The van der Waals surface area contributed by atoms with Gasteiger partial charge in [0.25, 0.3) is 0 Å². The summed E-state index contributed by atoms with van der Waals surface area (Å²) in [5.74, 6) is 0.451. The van der Waals surface area contributed by atoms with Crippen molar-refractivity contribution >= 4 is 65.6 Å². The molecule has 0 saturated carbocycles. The molecule has 0 spiro atoms. The molecule has 0 amide bonds. The summed E-state index contributed by atoms with van der Waals surface area (Å²) >= 11 is 0. The molecular weight excluding hydrogens is 717 g/mol. The third-order valence-corrected chi connectivity index (χ3v) is 13.3. The molecule has 2 unspecified atom stereocenters. The second-order valence-electron chi connectivity index (χ2n) is 16.5. The lowest BCUT2D eigenvalue weighted by Crippen LogP contribution is -2.30. The second-order valence-corrected chi connectivity index (χ2v) is 16.5. The normalized spacial score (nSPS) is 17.4. The summed E-state index contributed by atoms with van der Waals surface area (Å²) in [4.78, 5) is 0. The first-order valence-corrected chi connectivity index (χ1v) is 20.7. The Morgan fingerprint density at radius 1 is 0.508 bits per heavy atom. The summed E-state index contributed by atoms with van der Waals surface area (Å²) in [6, 6.07) is 64.9. The number of rotatable bonds is 4. The van der Waals surface area contributed by atoms with Crippen LogP contribution in [0, 0.1) is 5.92 Å². The predicted molar refractivity (Wildman–Crippen MR) is 245 cm³/mol. The summed E-state index contributed by atoms with van der Waals surface area (Å²) < 4.78 is 11.4. The summed E-state index contributed by atoms with van der Waals surface area (Å²) in [7, 11) is 0. The van der Waals surface area contributed by atoms with E-state index in [1.165, 1.54) is 77.0 Å². The molecule has 2 aliphatic rings. The fraction of sp³-hybridized carbons (Fsp3) is 0.0714. The number of furan rings is 1. The van der Waals surface area contributed by atoms with Crippen molar-refractivity contribution in [3.05, 3.63) is 216 Å². The molecule has 59 heavy (non-hydrogen) atoms. The number of nitrogens with zero attached hydrogens (tertiary/aromatic N) is 2. The highest BCUT2D eigenvalue weighted by molar-refractivity contribution is 6.27. The minimum atomic E-state index is -0.459. The molecule has 11 aromatic rings. The van der Waals surface area contributed by atoms with Crippen molar-refractivity contribution in [2.45, 2.75) is 18.8 Å². The van der Waals surface area contributed by atoms with Crippen LogP contribution < -0.4 is 0 Å². The Balaban J connectivity index is 1.15. The molecule has 0 radical (unpaired) electrons. The number of allylic oxidation sites excluding steroid dienone is 4. The van der Waals surface area contributed by atoms with Crippen molar-refractivity contribution in [2.24, 2.45) is 5.92 Å². The summed E-state index contributed by atoms with van der Waals surface area (Å²) in [5, 5.41) is 7.20. The lowest BCUT2D eigenvalue weighted by atomic mass is 9.65. The first-order valence-electron chi connectivity index (χ1n) is 20.7. The van der Waals surface area contributed by atoms with Gasteiger partial charge in [-0.05, 0) is 106 Å². The Kier molecular flexibility index (Phi) is 6.69. The molecule has 278 valence electrons. The van der Waals surface area contributed by atoms with Crippen LogP contribution in [0.2, 0.25) is 0 Å². The third-order valence-electron chi connectivity index (χ3n) is 13.3. The van der Waals surface area contributed by atoms with E-state index in [0.29, 0.717) is 5.92 Å². The molecular formula is C56H38N2O. The molecule has 0 saturated heterocycles. The molecule has 0 bridgehead atoms. The molecule has 8 aromatic carbocycles. The zero-order valence-corrected chi connectivity index (χ0v) is 32.6. The van der Waals surface area contributed by atoms with E-state index < -0.39 is 5.41 Å². The summed E-state index contributed by atoms with van der Waals surface area (Å²) in [6.07, 6.45) is 8.34. The van der Waals surface area contributed by atoms with Crippen LogP contribution in [0.4, 0.5) is 0 Å². The Bertz CT molecular complexity index is 3600. The van der Waals surface area contributed by atoms with Crippen molar-refractivity contribution in [3.63, 3.8) is 0 Å². The average molecular weight is 755 g/mol. The quantitative estimate of drug-likeness (QED) is 0.175. The van der Waals surface area contributed by atoms with Crippen molar-refractivity contribution in [1.29, 1.82) is 0 Å². The van der Waals surface area contributed by atoms with Gasteiger partial charge in [-0.1, -0.05) is 140 Å². The van der Waals surface area contributed by atoms with Gasteiger partial charge in [-0.25, -0.2) is 0 Å². The van der Waals surface area contributed by atoms with E-state index in [2.05, 4.69) is 210 Å². The standard InChI is InChI=1S/C56H38N2O/c1-35-15-14-18-37(31-35)56(36-16-4-2-5-17-36)47-24-11-8-21-40(47)41-28-27-39(32-48(41)56)57-49-25-12-9-22-42(49)45-33-46-43-29-30-53-54(44-23-10-13-26-52(44)59-53)55(43)58(51(46)34-50(45)57)38-19-6-3-7-20-38/h2-14,16-35H,15H2,1H3. The van der Waals surface area contributed by atoms with Gasteiger partial charge in [0.1, 0.15) is 11.2 Å². The largest absolute Gasteiger partial charge is 0.456 e. The van der Waals surface area contributed by atoms with Crippen molar-refractivity contribution in [3.8, 4) is 22.5 Å². The van der Waals surface area contributed by atoms with Gasteiger partial charge in [-0.15, -0.1) is 0 Å². The molecule has 2 aliphatic carbocycles. The highest BCUT2D eigenvalue weighted by Gasteiger charge is 2.47. The maximum absolute atomic E-state index is 6.48. The number of hydrogen-bond acceptors (Lipinski definition) is 1. The zero-order chi connectivity index (χ0) is 38.8. The van der Waals surface area contributed by atoms with Gasteiger partial charge in [0.15, 0.2) is 0 Å². The van der Waals surface area contributed by atoms with Crippen molar-refractivity contribution < 1.29 is 4.42 Å². The fourth-order valence-corrected chi connectivity index (χ4v) is 10.9. The van der Waals surface area contributed by atoms with E-state index >= 15 is 0 Å². The highest BCUT2D eigenvalue weighted by atomic mass is 16.3. The van der Waals surface area contributed by atoms with E-state index in [-0.39, 0.29) is 0 Å². The van der Waals surface area contributed by atoms with Crippen molar-refractivity contribution in [2.75, 3.05) is 0 Å². The number of para-hydroxylation sites is 3. The Morgan fingerprint density at radius 2 is 1.22 bits per heavy atom. The second kappa shape index (κ2) is 12.1. The highest BCUT2D eigenvalue weighted by Crippen LogP contribution is 2.58. The van der Waals surface area contributed by atoms with Crippen LogP contribution in [0.25, 0.3) is 88.1 Å². The minimum Gasteiger partial charge on any atom is -0.456 e. The molecule has 13 rings (SSSR count). The minimum absolute atomic E-state index is 0.451. The van der Waals surface area contributed by atoms with Crippen LogP contribution in [-0.4, -0.2) is 9.13 Å². The number of aromatic nitrogens is 2. The smallest absolute Gasteiger partial charge is 0.137 e. The molecule has 2 atom stereocenters.